The standard InChI is InChI=1S/C13H11ClN2O2/c1-8-11(6-7-12(17)18)16-13(15-8)9-2-4-10(14)5-3-9/h2-7H,1H3,(H,15,16)(H,17,18)/b7-6+. The highest BCUT2D eigenvalue weighted by molar-refractivity contribution is 6.30. The first-order valence-corrected chi connectivity index (χ1v) is 5.67. The number of aromatic nitrogens is 2. The minimum absolute atomic E-state index is 0.613. The van der Waals surface area contributed by atoms with Gasteiger partial charge < -0.3 is 10.1 Å². The number of carboxylic acids is 1. The van der Waals surface area contributed by atoms with Crippen molar-refractivity contribution in [3.63, 3.8) is 0 Å². The molecule has 0 aliphatic carbocycles. The number of carboxylic acid groups (broad SMARTS) is 1. The van der Waals surface area contributed by atoms with Gasteiger partial charge in [-0.25, -0.2) is 9.78 Å². The predicted molar refractivity (Wildman–Crippen MR) is 70.4 cm³/mol. The van der Waals surface area contributed by atoms with E-state index >= 15 is 0 Å². The summed E-state index contributed by atoms with van der Waals surface area (Å²) in [6.07, 6.45) is 2.53. The first kappa shape index (κ1) is 12.4. The Morgan fingerprint density at radius 1 is 1.39 bits per heavy atom. The molecule has 0 spiro atoms. The fraction of sp³-hybridized carbons (Fsp3) is 0.0769. The lowest BCUT2D eigenvalue weighted by Gasteiger charge is -1.95. The van der Waals surface area contributed by atoms with E-state index in [9.17, 15) is 4.79 Å². The summed E-state index contributed by atoms with van der Waals surface area (Å²) in [6, 6.07) is 7.26. The molecule has 2 aromatic rings. The molecule has 0 aliphatic heterocycles. The number of imidazole rings is 1. The lowest BCUT2D eigenvalue weighted by atomic mass is 10.2. The van der Waals surface area contributed by atoms with E-state index in [0.29, 0.717) is 16.5 Å². The van der Waals surface area contributed by atoms with E-state index in [4.69, 9.17) is 16.7 Å². The SMILES string of the molecule is Cc1[nH]c(-c2ccc(Cl)cc2)nc1/C=C/C(=O)O. The first-order valence-electron chi connectivity index (χ1n) is 5.30. The zero-order valence-corrected chi connectivity index (χ0v) is 10.4. The third-order valence-corrected chi connectivity index (χ3v) is 2.68. The highest BCUT2D eigenvalue weighted by Gasteiger charge is 2.06. The van der Waals surface area contributed by atoms with Gasteiger partial charge in [-0.15, -0.1) is 0 Å². The second kappa shape index (κ2) is 5.06. The smallest absolute Gasteiger partial charge is 0.328 e. The van der Waals surface area contributed by atoms with Crippen LogP contribution in [0, 0.1) is 6.92 Å². The fourth-order valence-corrected chi connectivity index (χ4v) is 1.66. The predicted octanol–water partition coefficient (Wildman–Crippen LogP) is 3.14. The molecule has 1 aromatic carbocycles. The summed E-state index contributed by atoms with van der Waals surface area (Å²) in [6.45, 7) is 1.84. The summed E-state index contributed by atoms with van der Waals surface area (Å²) in [5.41, 5.74) is 2.33. The van der Waals surface area contributed by atoms with E-state index in [1.165, 1.54) is 6.08 Å². The molecule has 0 saturated carbocycles. The van der Waals surface area contributed by atoms with Crippen LogP contribution in [0.25, 0.3) is 17.5 Å². The monoisotopic (exact) mass is 262 g/mol. The molecule has 0 aliphatic rings. The Hall–Kier alpha value is -2.07. The van der Waals surface area contributed by atoms with E-state index in [2.05, 4.69) is 9.97 Å². The van der Waals surface area contributed by atoms with Crippen LogP contribution in [0.2, 0.25) is 5.02 Å². The Morgan fingerprint density at radius 3 is 2.67 bits per heavy atom. The van der Waals surface area contributed by atoms with Crippen LogP contribution in [0.3, 0.4) is 0 Å². The van der Waals surface area contributed by atoms with Crippen molar-refractivity contribution in [2.24, 2.45) is 0 Å². The molecule has 0 radical (unpaired) electrons. The zero-order chi connectivity index (χ0) is 13.1. The van der Waals surface area contributed by atoms with Gasteiger partial charge in [-0.05, 0) is 37.3 Å². The molecular formula is C13H11ClN2O2. The second-order valence-corrected chi connectivity index (χ2v) is 4.21. The van der Waals surface area contributed by atoms with Crippen LogP contribution in [0.15, 0.2) is 30.3 Å². The van der Waals surface area contributed by atoms with Crippen LogP contribution >= 0.6 is 11.6 Å². The molecule has 2 rings (SSSR count). The van der Waals surface area contributed by atoms with Crippen LogP contribution in [-0.2, 0) is 4.79 Å². The van der Waals surface area contributed by atoms with Crippen LogP contribution in [0.1, 0.15) is 11.4 Å². The van der Waals surface area contributed by atoms with Crippen molar-refractivity contribution < 1.29 is 9.90 Å². The number of nitrogens with zero attached hydrogens (tertiary/aromatic N) is 1. The number of aliphatic carboxylic acids is 1. The molecule has 1 aromatic heterocycles. The maximum Gasteiger partial charge on any atom is 0.328 e. The van der Waals surface area contributed by atoms with E-state index in [-0.39, 0.29) is 0 Å². The Bertz CT molecular complexity index is 600. The molecule has 4 nitrogen and oxygen atoms in total. The molecule has 0 bridgehead atoms. The van der Waals surface area contributed by atoms with Gasteiger partial charge in [-0.3, -0.25) is 0 Å². The van der Waals surface area contributed by atoms with Gasteiger partial charge in [0, 0.05) is 22.4 Å². The maximum absolute atomic E-state index is 10.5. The van der Waals surface area contributed by atoms with Crippen LogP contribution in [0.5, 0.6) is 0 Å². The number of benzene rings is 1. The average molecular weight is 263 g/mol. The number of hydrogen-bond donors (Lipinski definition) is 2. The lowest BCUT2D eigenvalue weighted by molar-refractivity contribution is -0.131. The number of halogens is 1. The third-order valence-electron chi connectivity index (χ3n) is 2.42. The Labute approximate surface area is 109 Å². The van der Waals surface area contributed by atoms with Crippen molar-refractivity contribution in [2.45, 2.75) is 6.92 Å². The highest BCUT2D eigenvalue weighted by atomic mass is 35.5. The number of aryl methyl sites for hydroxylation is 1. The number of H-pyrrole nitrogens is 1. The number of carbonyl (C=O) groups is 1. The van der Waals surface area contributed by atoms with Crippen LogP contribution in [0.4, 0.5) is 0 Å². The first-order chi connectivity index (χ1) is 8.56. The molecule has 2 N–H and O–H groups in total. The van der Waals surface area contributed by atoms with Gasteiger partial charge in [-0.1, -0.05) is 11.6 Å². The molecule has 18 heavy (non-hydrogen) atoms. The van der Waals surface area contributed by atoms with Crippen molar-refractivity contribution in [1.82, 2.24) is 9.97 Å². The van der Waals surface area contributed by atoms with Crippen molar-refractivity contribution in [2.75, 3.05) is 0 Å². The number of aromatic amines is 1. The van der Waals surface area contributed by atoms with E-state index in [0.717, 1.165) is 17.3 Å². The topological polar surface area (TPSA) is 66.0 Å². The van der Waals surface area contributed by atoms with Gasteiger partial charge in [0.25, 0.3) is 0 Å². The zero-order valence-electron chi connectivity index (χ0n) is 9.64. The summed E-state index contributed by atoms with van der Waals surface area (Å²) >= 11 is 5.81. The minimum atomic E-state index is -0.995. The van der Waals surface area contributed by atoms with E-state index in [1.54, 1.807) is 12.1 Å². The second-order valence-electron chi connectivity index (χ2n) is 3.77. The molecule has 0 unspecified atom stereocenters. The van der Waals surface area contributed by atoms with Gasteiger partial charge in [0.05, 0.1) is 5.69 Å². The molecule has 5 heteroatoms. The lowest BCUT2D eigenvalue weighted by Crippen LogP contribution is -1.86. The van der Waals surface area contributed by atoms with Gasteiger partial charge in [-0.2, -0.15) is 0 Å². The molecular weight excluding hydrogens is 252 g/mol. The molecule has 0 atom stereocenters. The van der Waals surface area contributed by atoms with Crippen molar-refractivity contribution in [3.8, 4) is 11.4 Å². The molecule has 1 heterocycles. The summed E-state index contributed by atoms with van der Waals surface area (Å²) in [5, 5.41) is 9.24. The quantitative estimate of drug-likeness (QED) is 0.835. The van der Waals surface area contributed by atoms with E-state index in [1.807, 2.05) is 19.1 Å². The summed E-state index contributed by atoms with van der Waals surface area (Å²) in [7, 11) is 0. The largest absolute Gasteiger partial charge is 0.478 e. The molecule has 0 amide bonds. The highest BCUT2D eigenvalue weighted by Crippen LogP contribution is 2.20. The summed E-state index contributed by atoms with van der Waals surface area (Å²) in [5.74, 6) is -0.306. The van der Waals surface area contributed by atoms with E-state index < -0.39 is 5.97 Å². The third kappa shape index (κ3) is 2.78. The maximum atomic E-state index is 10.5. The molecule has 0 fully saturated rings. The van der Waals surface area contributed by atoms with Crippen molar-refractivity contribution in [1.29, 1.82) is 0 Å². The number of hydrogen-bond acceptors (Lipinski definition) is 2. The fourth-order valence-electron chi connectivity index (χ4n) is 1.53. The minimum Gasteiger partial charge on any atom is -0.478 e. The van der Waals surface area contributed by atoms with Gasteiger partial charge >= 0.3 is 5.97 Å². The summed E-state index contributed by atoms with van der Waals surface area (Å²) < 4.78 is 0. The number of nitrogens with one attached hydrogen (secondary N) is 1. The van der Waals surface area contributed by atoms with Crippen molar-refractivity contribution in [3.05, 3.63) is 46.8 Å². The summed E-state index contributed by atoms with van der Waals surface area (Å²) in [4.78, 5) is 17.9. The Kier molecular flexibility index (Phi) is 3.48. The molecule has 92 valence electrons. The van der Waals surface area contributed by atoms with Crippen molar-refractivity contribution >= 4 is 23.6 Å². The van der Waals surface area contributed by atoms with Gasteiger partial charge in [0.2, 0.25) is 0 Å². The normalized spacial score (nSPS) is 11.0. The van der Waals surface area contributed by atoms with Gasteiger partial charge in [0.1, 0.15) is 5.82 Å². The Balaban J connectivity index is 2.34. The molecule has 0 saturated heterocycles. The van der Waals surface area contributed by atoms with Crippen LogP contribution in [-0.4, -0.2) is 21.0 Å². The average Bonchev–Trinajstić information content (AvgIpc) is 2.69. The Morgan fingerprint density at radius 2 is 2.06 bits per heavy atom. The van der Waals surface area contributed by atoms with Gasteiger partial charge in [0.15, 0.2) is 0 Å². The van der Waals surface area contributed by atoms with Crippen LogP contribution < -0.4 is 0 Å². The number of rotatable bonds is 3.